The standard InChI is InChI=1S/C12H22BrN3/c1-6-8(2)14-7-9(3)16-11(5)12(13)10(4)15-16/h8-9,14H,6-7H2,1-5H3. The van der Waals surface area contributed by atoms with Crippen molar-refractivity contribution in [2.75, 3.05) is 6.54 Å². The van der Waals surface area contributed by atoms with Gasteiger partial charge in [-0.25, -0.2) is 0 Å². The van der Waals surface area contributed by atoms with Crippen molar-refractivity contribution < 1.29 is 0 Å². The second-order valence-electron chi connectivity index (χ2n) is 4.50. The highest BCUT2D eigenvalue weighted by Crippen LogP contribution is 2.22. The summed E-state index contributed by atoms with van der Waals surface area (Å²) in [6.07, 6.45) is 1.16. The van der Waals surface area contributed by atoms with E-state index < -0.39 is 0 Å². The molecule has 0 saturated carbocycles. The van der Waals surface area contributed by atoms with Crippen molar-refractivity contribution >= 4 is 15.9 Å². The van der Waals surface area contributed by atoms with Crippen LogP contribution in [0, 0.1) is 13.8 Å². The summed E-state index contributed by atoms with van der Waals surface area (Å²) in [7, 11) is 0. The largest absolute Gasteiger partial charge is 0.312 e. The maximum absolute atomic E-state index is 4.54. The molecule has 2 atom stereocenters. The van der Waals surface area contributed by atoms with E-state index in [1.54, 1.807) is 0 Å². The van der Waals surface area contributed by atoms with Crippen molar-refractivity contribution in [2.45, 2.75) is 53.1 Å². The molecule has 16 heavy (non-hydrogen) atoms. The van der Waals surface area contributed by atoms with Gasteiger partial charge in [-0.2, -0.15) is 5.10 Å². The topological polar surface area (TPSA) is 29.9 Å². The first kappa shape index (κ1) is 13.7. The number of rotatable bonds is 5. The van der Waals surface area contributed by atoms with Crippen molar-refractivity contribution in [3.63, 3.8) is 0 Å². The molecule has 1 rings (SSSR count). The van der Waals surface area contributed by atoms with E-state index in [-0.39, 0.29) is 0 Å². The van der Waals surface area contributed by atoms with E-state index in [1.165, 1.54) is 5.69 Å². The van der Waals surface area contributed by atoms with Crippen LogP contribution in [0.4, 0.5) is 0 Å². The van der Waals surface area contributed by atoms with Crippen LogP contribution in [0.15, 0.2) is 4.47 Å². The van der Waals surface area contributed by atoms with Crippen LogP contribution >= 0.6 is 15.9 Å². The van der Waals surface area contributed by atoms with E-state index >= 15 is 0 Å². The fourth-order valence-electron chi connectivity index (χ4n) is 1.67. The fourth-order valence-corrected chi connectivity index (χ4v) is 1.94. The zero-order chi connectivity index (χ0) is 12.3. The van der Waals surface area contributed by atoms with Gasteiger partial charge in [0.15, 0.2) is 0 Å². The zero-order valence-corrected chi connectivity index (χ0v) is 12.4. The molecule has 1 heterocycles. The first-order valence-electron chi connectivity index (χ1n) is 5.91. The lowest BCUT2D eigenvalue weighted by Crippen LogP contribution is -2.31. The number of hydrogen-bond acceptors (Lipinski definition) is 2. The predicted molar refractivity (Wildman–Crippen MR) is 71.9 cm³/mol. The van der Waals surface area contributed by atoms with Crippen molar-refractivity contribution in [2.24, 2.45) is 0 Å². The molecule has 0 aromatic carbocycles. The molecule has 0 radical (unpaired) electrons. The van der Waals surface area contributed by atoms with Crippen molar-refractivity contribution in [1.82, 2.24) is 15.1 Å². The van der Waals surface area contributed by atoms with Gasteiger partial charge in [0.2, 0.25) is 0 Å². The fraction of sp³-hybridized carbons (Fsp3) is 0.750. The Kier molecular flexibility index (Phi) is 4.99. The van der Waals surface area contributed by atoms with Gasteiger partial charge in [-0.3, -0.25) is 4.68 Å². The average molecular weight is 288 g/mol. The third-order valence-electron chi connectivity index (χ3n) is 3.03. The lowest BCUT2D eigenvalue weighted by Gasteiger charge is -2.18. The van der Waals surface area contributed by atoms with Gasteiger partial charge in [0.05, 0.1) is 21.9 Å². The molecular formula is C12H22BrN3. The first-order valence-corrected chi connectivity index (χ1v) is 6.71. The lowest BCUT2D eigenvalue weighted by molar-refractivity contribution is 0.412. The first-order chi connectivity index (χ1) is 7.47. The van der Waals surface area contributed by atoms with Crippen molar-refractivity contribution in [3.05, 3.63) is 15.9 Å². The Balaban J connectivity index is 2.66. The molecule has 1 aromatic heterocycles. The summed E-state index contributed by atoms with van der Waals surface area (Å²) in [4.78, 5) is 0. The van der Waals surface area contributed by atoms with Gasteiger partial charge < -0.3 is 5.32 Å². The second kappa shape index (κ2) is 5.82. The minimum Gasteiger partial charge on any atom is -0.312 e. The molecule has 0 amide bonds. The number of aromatic nitrogens is 2. The Morgan fingerprint density at radius 2 is 2.00 bits per heavy atom. The van der Waals surface area contributed by atoms with Crippen LogP contribution in [0.5, 0.6) is 0 Å². The zero-order valence-electron chi connectivity index (χ0n) is 10.8. The average Bonchev–Trinajstić information content (AvgIpc) is 2.53. The molecule has 2 unspecified atom stereocenters. The minimum atomic E-state index is 0.388. The summed E-state index contributed by atoms with van der Waals surface area (Å²) < 4.78 is 3.22. The smallest absolute Gasteiger partial charge is 0.0738 e. The molecule has 1 N–H and O–H groups in total. The van der Waals surface area contributed by atoms with E-state index in [4.69, 9.17) is 0 Å². The van der Waals surface area contributed by atoms with Gasteiger partial charge in [0.1, 0.15) is 0 Å². The second-order valence-corrected chi connectivity index (χ2v) is 5.29. The number of nitrogens with one attached hydrogen (secondary N) is 1. The summed E-state index contributed by atoms with van der Waals surface area (Å²) in [5.74, 6) is 0. The maximum Gasteiger partial charge on any atom is 0.0738 e. The van der Waals surface area contributed by atoms with Gasteiger partial charge in [0, 0.05) is 12.6 Å². The summed E-state index contributed by atoms with van der Waals surface area (Å²) >= 11 is 3.56. The van der Waals surface area contributed by atoms with Gasteiger partial charge in [-0.1, -0.05) is 6.92 Å². The normalized spacial score (nSPS) is 15.1. The van der Waals surface area contributed by atoms with E-state index in [0.717, 1.165) is 23.1 Å². The number of aryl methyl sites for hydroxylation is 1. The Bertz CT molecular complexity index is 346. The Hall–Kier alpha value is -0.350. The van der Waals surface area contributed by atoms with Crippen LogP contribution in [-0.2, 0) is 0 Å². The summed E-state index contributed by atoms with van der Waals surface area (Å²) in [5.41, 5.74) is 2.27. The maximum atomic E-state index is 4.54. The molecule has 0 aliphatic heterocycles. The molecule has 0 aliphatic rings. The predicted octanol–water partition coefficient (Wildman–Crippen LogP) is 3.21. The SMILES string of the molecule is CCC(C)NCC(C)n1nc(C)c(Br)c1C. The lowest BCUT2D eigenvalue weighted by atomic mass is 10.2. The Morgan fingerprint density at radius 1 is 1.38 bits per heavy atom. The highest BCUT2D eigenvalue weighted by atomic mass is 79.9. The molecule has 1 aromatic rings. The van der Waals surface area contributed by atoms with Gasteiger partial charge in [-0.15, -0.1) is 0 Å². The summed E-state index contributed by atoms with van der Waals surface area (Å²) in [6, 6.07) is 0.960. The molecule has 3 nitrogen and oxygen atoms in total. The minimum absolute atomic E-state index is 0.388. The summed E-state index contributed by atoms with van der Waals surface area (Å²) in [5, 5.41) is 8.05. The monoisotopic (exact) mass is 287 g/mol. The van der Waals surface area contributed by atoms with Crippen molar-refractivity contribution in [3.8, 4) is 0 Å². The molecule has 0 fully saturated rings. The quantitative estimate of drug-likeness (QED) is 0.901. The Labute approximate surface area is 107 Å². The molecule has 0 bridgehead atoms. The van der Waals surface area contributed by atoms with E-state index in [0.29, 0.717) is 12.1 Å². The number of hydrogen-bond donors (Lipinski definition) is 1. The van der Waals surface area contributed by atoms with Gasteiger partial charge in [-0.05, 0) is 50.0 Å². The van der Waals surface area contributed by atoms with Crippen LogP contribution < -0.4 is 5.32 Å². The number of nitrogens with zero attached hydrogens (tertiary/aromatic N) is 2. The molecule has 92 valence electrons. The van der Waals surface area contributed by atoms with E-state index in [9.17, 15) is 0 Å². The van der Waals surface area contributed by atoms with Crippen LogP contribution in [-0.4, -0.2) is 22.4 Å². The van der Waals surface area contributed by atoms with Gasteiger partial charge >= 0.3 is 0 Å². The molecule has 0 saturated heterocycles. The Morgan fingerprint density at radius 3 is 2.44 bits per heavy atom. The van der Waals surface area contributed by atoms with Crippen LogP contribution in [0.2, 0.25) is 0 Å². The number of halogens is 1. The molecule has 0 spiro atoms. The van der Waals surface area contributed by atoms with Crippen LogP contribution in [0.25, 0.3) is 0 Å². The third-order valence-corrected chi connectivity index (χ3v) is 4.18. The summed E-state index contributed by atoms with van der Waals surface area (Å²) in [6.45, 7) is 11.7. The highest BCUT2D eigenvalue weighted by molar-refractivity contribution is 9.10. The molecule has 4 heteroatoms. The third kappa shape index (κ3) is 3.08. The molecular weight excluding hydrogens is 266 g/mol. The van der Waals surface area contributed by atoms with E-state index in [2.05, 4.69) is 58.7 Å². The van der Waals surface area contributed by atoms with E-state index in [1.807, 2.05) is 6.92 Å². The van der Waals surface area contributed by atoms with Gasteiger partial charge in [0.25, 0.3) is 0 Å². The highest BCUT2D eigenvalue weighted by Gasteiger charge is 2.14. The van der Waals surface area contributed by atoms with Crippen LogP contribution in [0.3, 0.4) is 0 Å². The van der Waals surface area contributed by atoms with Crippen molar-refractivity contribution in [1.29, 1.82) is 0 Å². The van der Waals surface area contributed by atoms with Crippen LogP contribution in [0.1, 0.15) is 44.6 Å². The molecule has 0 aliphatic carbocycles.